The molecule has 2 unspecified atom stereocenters. The number of hydrogen-bond acceptors (Lipinski definition) is 3. The molecule has 0 fully saturated rings. The molecule has 0 radical (unpaired) electrons. The lowest BCUT2D eigenvalue weighted by Crippen LogP contribution is -2.37. The van der Waals surface area contributed by atoms with Crippen LogP contribution in [0.1, 0.15) is 25.8 Å². The van der Waals surface area contributed by atoms with Crippen molar-refractivity contribution in [1.82, 2.24) is 0 Å². The van der Waals surface area contributed by atoms with Gasteiger partial charge in [-0.15, -0.1) is 0 Å². The van der Waals surface area contributed by atoms with Crippen LogP contribution < -0.4 is 0 Å². The number of phenols is 1. The van der Waals surface area contributed by atoms with Crippen LogP contribution in [0, 0.1) is 5.92 Å². The molecule has 0 bridgehead atoms. The lowest BCUT2D eigenvalue weighted by atomic mass is 9.80. The van der Waals surface area contributed by atoms with Crippen molar-refractivity contribution in [2.24, 2.45) is 5.92 Å². The maximum atomic E-state index is 10.9. The third kappa shape index (κ3) is 2.17. The Morgan fingerprint density at radius 3 is 2.25 bits per heavy atom. The first-order chi connectivity index (χ1) is 7.41. The van der Waals surface area contributed by atoms with Crippen molar-refractivity contribution in [3.8, 4) is 5.75 Å². The van der Waals surface area contributed by atoms with Crippen LogP contribution in [-0.2, 0) is 10.4 Å². The van der Waals surface area contributed by atoms with E-state index in [0.717, 1.165) is 0 Å². The number of carboxylic acid groups (broad SMARTS) is 1. The maximum Gasteiger partial charge on any atom is 0.309 e. The van der Waals surface area contributed by atoms with Gasteiger partial charge in [-0.1, -0.05) is 19.1 Å². The van der Waals surface area contributed by atoms with Crippen molar-refractivity contribution in [3.63, 3.8) is 0 Å². The number of aromatic hydroxyl groups is 1. The SMILES string of the molecule is CCC(O)(c1ccc(O)cc1)C(C)C(=O)O. The fourth-order valence-corrected chi connectivity index (χ4v) is 1.71. The molecular weight excluding hydrogens is 208 g/mol. The van der Waals surface area contributed by atoms with Crippen molar-refractivity contribution in [2.45, 2.75) is 25.9 Å². The molecule has 0 amide bonds. The summed E-state index contributed by atoms with van der Waals surface area (Å²) in [6.07, 6.45) is 0.297. The minimum absolute atomic E-state index is 0.0881. The van der Waals surface area contributed by atoms with Gasteiger partial charge in [0.1, 0.15) is 11.4 Å². The van der Waals surface area contributed by atoms with Gasteiger partial charge in [0.05, 0.1) is 5.92 Å². The summed E-state index contributed by atoms with van der Waals surface area (Å²) in [6.45, 7) is 3.20. The number of aliphatic carboxylic acids is 1. The molecule has 2 atom stereocenters. The van der Waals surface area contributed by atoms with Crippen LogP contribution in [0.5, 0.6) is 5.75 Å². The number of carbonyl (C=O) groups is 1. The fourth-order valence-electron chi connectivity index (χ4n) is 1.71. The van der Waals surface area contributed by atoms with E-state index in [4.69, 9.17) is 10.2 Å². The van der Waals surface area contributed by atoms with E-state index in [9.17, 15) is 9.90 Å². The molecule has 0 saturated carbocycles. The van der Waals surface area contributed by atoms with Crippen LogP contribution in [0.15, 0.2) is 24.3 Å². The van der Waals surface area contributed by atoms with Crippen molar-refractivity contribution in [2.75, 3.05) is 0 Å². The van der Waals surface area contributed by atoms with Gasteiger partial charge in [0, 0.05) is 0 Å². The molecule has 0 heterocycles. The zero-order valence-electron chi connectivity index (χ0n) is 9.34. The van der Waals surface area contributed by atoms with E-state index in [0.29, 0.717) is 12.0 Å². The molecule has 0 aliphatic heterocycles. The van der Waals surface area contributed by atoms with Gasteiger partial charge in [-0.2, -0.15) is 0 Å². The molecule has 1 aromatic rings. The second kappa shape index (κ2) is 4.53. The van der Waals surface area contributed by atoms with Crippen molar-refractivity contribution >= 4 is 5.97 Å². The van der Waals surface area contributed by atoms with Crippen LogP contribution in [0.2, 0.25) is 0 Å². The molecule has 3 N–H and O–H groups in total. The molecule has 16 heavy (non-hydrogen) atoms. The summed E-state index contributed by atoms with van der Waals surface area (Å²) < 4.78 is 0. The van der Waals surface area contributed by atoms with Gasteiger partial charge in [-0.05, 0) is 31.0 Å². The molecule has 1 aromatic carbocycles. The smallest absolute Gasteiger partial charge is 0.309 e. The van der Waals surface area contributed by atoms with E-state index >= 15 is 0 Å². The van der Waals surface area contributed by atoms with Crippen molar-refractivity contribution < 1.29 is 20.1 Å². The molecule has 0 aliphatic carbocycles. The Morgan fingerprint density at radius 2 is 1.88 bits per heavy atom. The van der Waals surface area contributed by atoms with Crippen LogP contribution in [0.25, 0.3) is 0 Å². The third-order valence-electron chi connectivity index (χ3n) is 2.99. The number of hydrogen-bond donors (Lipinski definition) is 3. The lowest BCUT2D eigenvalue weighted by molar-refractivity contribution is -0.152. The van der Waals surface area contributed by atoms with Gasteiger partial charge in [0.2, 0.25) is 0 Å². The zero-order valence-corrected chi connectivity index (χ0v) is 9.34. The highest BCUT2D eigenvalue weighted by Crippen LogP contribution is 2.33. The quantitative estimate of drug-likeness (QED) is 0.727. The minimum atomic E-state index is -1.40. The van der Waals surface area contributed by atoms with Gasteiger partial charge >= 0.3 is 5.97 Å². The average molecular weight is 224 g/mol. The molecule has 1 rings (SSSR count). The van der Waals surface area contributed by atoms with Crippen LogP contribution in [0.3, 0.4) is 0 Å². The van der Waals surface area contributed by atoms with Gasteiger partial charge in [-0.3, -0.25) is 4.79 Å². The first-order valence-electron chi connectivity index (χ1n) is 5.16. The predicted octanol–water partition coefficient (Wildman–Crippen LogP) is 1.71. The molecule has 88 valence electrons. The fraction of sp³-hybridized carbons (Fsp3) is 0.417. The average Bonchev–Trinajstić information content (AvgIpc) is 2.27. The van der Waals surface area contributed by atoms with Gasteiger partial charge < -0.3 is 15.3 Å². The largest absolute Gasteiger partial charge is 0.508 e. The first-order valence-corrected chi connectivity index (χ1v) is 5.16. The highest BCUT2D eigenvalue weighted by Gasteiger charge is 2.38. The molecular formula is C12H16O4. The molecule has 0 saturated heterocycles. The lowest BCUT2D eigenvalue weighted by Gasteiger charge is -2.31. The molecule has 0 aliphatic rings. The molecule has 0 aromatic heterocycles. The van der Waals surface area contributed by atoms with Crippen molar-refractivity contribution in [3.05, 3.63) is 29.8 Å². The van der Waals surface area contributed by atoms with Crippen LogP contribution >= 0.6 is 0 Å². The number of rotatable bonds is 4. The summed E-state index contributed by atoms with van der Waals surface area (Å²) in [5.74, 6) is -1.86. The predicted molar refractivity (Wildman–Crippen MR) is 59.1 cm³/mol. The highest BCUT2D eigenvalue weighted by molar-refractivity contribution is 5.71. The van der Waals surface area contributed by atoms with E-state index in [1.165, 1.54) is 31.2 Å². The van der Waals surface area contributed by atoms with Gasteiger partial charge in [0.15, 0.2) is 0 Å². The topological polar surface area (TPSA) is 77.8 Å². The number of carboxylic acids is 1. The van der Waals surface area contributed by atoms with Crippen molar-refractivity contribution in [1.29, 1.82) is 0 Å². The summed E-state index contributed by atoms with van der Waals surface area (Å²) in [6, 6.07) is 5.95. The number of aliphatic hydroxyl groups is 1. The Balaban J connectivity index is 3.14. The van der Waals surface area contributed by atoms with E-state index in [1.807, 2.05) is 0 Å². The van der Waals surface area contributed by atoms with Crippen LogP contribution in [0.4, 0.5) is 0 Å². The summed E-state index contributed by atoms with van der Waals surface area (Å²) in [5, 5.41) is 28.5. The summed E-state index contributed by atoms with van der Waals surface area (Å²) in [7, 11) is 0. The first kappa shape index (κ1) is 12.5. The molecule has 4 nitrogen and oxygen atoms in total. The zero-order chi connectivity index (χ0) is 12.3. The Morgan fingerprint density at radius 1 is 1.38 bits per heavy atom. The van der Waals surface area contributed by atoms with Crippen LogP contribution in [-0.4, -0.2) is 21.3 Å². The van der Waals surface area contributed by atoms with E-state index in [1.54, 1.807) is 6.92 Å². The van der Waals surface area contributed by atoms with E-state index in [2.05, 4.69) is 0 Å². The minimum Gasteiger partial charge on any atom is -0.508 e. The Labute approximate surface area is 94.2 Å². The summed E-state index contributed by atoms with van der Waals surface area (Å²) >= 11 is 0. The summed E-state index contributed by atoms with van der Waals surface area (Å²) in [4.78, 5) is 10.9. The normalized spacial score (nSPS) is 16.4. The van der Waals surface area contributed by atoms with Gasteiger partial charge in [0.25, 0.3) is 0 Å². The standard InChI is InChI=1S/C12H16O4/c1-3-12(16,8(2)11(14)15)9-4-6-10(13)7-5-9/h4-8,13,16H,3H2,1-2H3,(H,14,15). The van der Waals surface area contributed by atoms with Gasteiger partial charge in [-0.25, -0.2) is 0 Å². The molecule has 4 heteroatoms. The summed E-state index contributed by atoms with van der Waals surface area (Å²) in [5.41, 5.74) is -0.901. The monoisotopic (exact) mass is 224 g/mol. The second-order valence-electron chi connectivity index (χ2n) is 3.88. The Hall–Kier alpha value is -1.55. The third-order valence-corrected chi connectivity index (χ3v) is 2.99. The maximum absolute atomic E-state index is 10.9. The Kier molecular flexibility index (Phi) is 3.55. The second-order valence-corrected chi connectivity index (χ2v) is 3.88. The highest BCUT2D eigenvalue weighted by atomic mass is 16.4. The van der Waals surface area contributed by atoms with E-state index in [-0.39, 0.29) is 5.75 Å². The van der Waals surface area contributed by atoms with E-state index < -0.39 is 17.5 Å². The number of phenolic OH excluding ortho intramolecular Hbond substituents is 1. The number of benzene rings is 1. The molecule has 0 spiro atoms. The Bertz CT molecular complexity index is 371.